The summed E-state index contributed by atoms with van der Waals surface area (Å²) in [4.78, 5) is 24.0. The molecule has 0 saturated carbocycles. The van der Waals surface area contributed by atoms with Gasteiger partial charge in [-0.3, -0.25) is 9.59 Å². The summed E-state index contributed by atoms with van der Waals surface area (Å²) in [6.07, 6.45) is 3.24. The summed E-state index contributed by atoms with van der Waals surface area (Å²) in [5.74, 6) is -0.433. The highest BCUT2D eigenvalue weighted by molar-refractivity contribution is 5.96. The molecule has 5 nitrogen and oxygen atoms in total. The number of carbonyl (C=O) groups is 2. The molecule has 2 amide bonds. The van der Waals surface area contributed by atoms with Gasteiger partial charge in [0.15, 0.2) is 0 Å². The zero-order valence-electron chi connectivity index (χ0n) is 14.7. The molecule has 0 aliphatic heterocycles. The number of rotatable bonds is 6. The van der Waals surface area contributed by atoms with Crippen molar-refractivity contribution in [1.82, 2.24) is 15.2 Å². The molecule has 1 heterocycles. The molecule has 2 aromatic carbocycles. The lowest BCUT2D eigenvalue weighted by Gasteiger charge is -2.10. The lowest BCUT2D eigenvalue weighted by Crippen LogP contribution is -2.26. The Kier molecular flexibility index (Phi) is 5.17. The summed E-state index contributed by atoms with van der Waals surface area (Å²) < 4.78 is 2.05. The van der Waals surface area contributed by atoms with Crippen molar-refractivity contribution in [2.75, 3.05) is 0 Å². The van der Waals surface area contributed by atoms with Crippen LogP contribution in [0.3, 0.4) is 0 Å². The monoisotopic (exact) mass is 347 g/mol. The maximum Gasteiger partial charge on any atom is 0.251 e. The van der Waals surface area contributed by atoms with E-state index in [9.17, 15) is 9.59 Å². The standard InChI is InChI=1S/C21H21N3O2/c1-3-20(25)22-12-15-8-4-5-10-18(15)21(26)23-13-16-14-24(2)19-11-7-6-9-17(16)19/h3-11,14H,1,12-13H2,2H3,(H,22,25)(H,23,26). The van der Waals surface area contributed by atoms with Crippen LogP contribution in [0.1, 0.15) is 21.5 Å². The van der Waals surface area contributed by atoms with Crippen molar-refractivity contribution in [2.45, 2.75) is 13.1 Å². The fraction of sp³-hybridized carbons (Fsp3) is 0.143. The van der Waals surface area contributed by atoms with E-state index in [0.717, 1.165) is 22.0 Å². The fourth-order valence-electron chi connectivity index (χ4n) is 2.99. The van der Waals surface area contributed by atoms with Crippen LogP contribution < -0.4 is 10.6 Å². The number of fused-ring (bicyclic) bond motifs is 1. The van der Waals surface area contributed by atoms with Crippen LogP contribution >= 0.6 is 0 Å². The van der Waals surface area contributed by atoms with E-state index in [1.54, 1.807) is 6.07 Å². The summed E-state index contributed by atoms with van der Waals surface area (Å²) in [5, 5.41) is 6.81. The average molecular weight is 347 g/mol. The first kappa shape index (κ1) is 17.5. The van der Waals surface area contributed by atoms with Crippen LogP contribution in [0.2, 0.25) is 0 Å². The quantitative estimate of drug-likeness (QED) is 0.674. The molecular weight excluding hydrogens is 326 g/mol. The maximum atomic E-state index is 12.6. The van der Waals surface area contributed by atoms with Gasteiger partial charge in [-0.2, -0.15) is 0 Å². The minimum Gasteiger partial charge on any atom is -0.350 e. The Morgan fingerprint density at radius 2 is 1.69 bits per heavy atom. The van der Waals surface area contributed by atoms with Crippen LogP contribution in [0.25, 0.3) is 10.9 Å². The highest BCUT2D eigenvalue weighted by Gasteiger charge is 2.12. The molecule has 132 valence electrons. The molecule has 5 heteroatoms. The van der Waals surface area contributed by atoms with Crippen LogP contribution in [0, 0.1) is 0 Å². The molecular formula is C21H21N3O2. The van der Waals surface area contributed by atoms with E-state index < -0.39 is 0 Å². The number of amides is 2. The lowest BCUT2D eigenvalue weighted by molar-refractivity contribution is -0.116. The lowest BCUT2D eigenvalue weighted by atomic mass is 10.1. The minimum absolute atomic E-state index is 0.165. The number of benzene rings is 2. The summed E-state index contributed by atoms with van der Waals surface area (Å²) in [6.45, 7) is 4.15. The van der Waals surface area contributed by atoms with E-state index in [2.05, 4.69) is 33.9 Å². The molecule has 0 aliphatic rings. The molecule has 0 fully saturated rings. The summed E-state index contributed by atoms with van der Waals surface area (Å²) in [6, 6.07) is 15.3. The predicted octanol–water partition coefficient (Wildman–Crippen LogP) is 2.91. The molecule has 0 unspecified atom stereocenters. The molecule has 3 rings (SSSR count). The molecule has 0 radical (unpaired) electrons. The molecule has 0 bridgehead atoms. The van der Waals surface area contributed by atoms with Crippen molar-refractivity contribution >= 4 is 22.7 Å². The number of aryl methyl sites for hydroxylation is 1. The van der Waals surface area contributed by atoms with E-state index in [0.29, 0.717) is 12.1 Å². The number of aromatic nitrogens is 1. The van der Waals surface area contributed by atoms with Gasteiger partial charge in [0.25, 0.3) is 5.91 Å². The molecule has 2 N–H and O–H groups in total. The Balaban J connectivity index is 1.74. The van der Waals surface area contributed by atoms with Crippen LogP contribution in [0.4, 0.5) is 0 Å². The topological polar surface area (TPSA) is 63.1 Å². The first-order valence-electron chi connectivity index (χ1n) is 8.39. The van der Waals surface area contributed by atoms with Crippen molar-refractivity contribution < 1.29 is 9.59 Å². The van der Waals surface area contributed by atoms with E-state index in [-0.39, 0.29) is 18.4 Å². The Bertz CT molecular complexity index is 972. The number of para-hydroxylation sites is 1. The van der Waals surface area contributed by atoms with Crippen molar-refractivity contribution in [3.8, 4) is 0 Å². The van der Waals surface area contributed by atoms with Crippen LogP contribution in [0.15, 0.2) is 67.4 Å². The van der Waals surface area contributed by atoms with E-state index >= 15 is 0 Å². The third kappa shape index (κ3) is 3.67. The highest BCUT2D eigenvalue weighted by atomic mass is 16.2. The first-order chi connectivity index (χ1) is 12.6. The zero-order valence-corrected chi connectivity index (χ0v) is 14.7. The molecule has 0 spiro atoms. The highest BCUT2D eigenvalue weighted by Crippen LogP contribution is 2.20. The summed E-state index contributed by atoms with van der Waals surface area (Å²) in [5.41, 5.74) is 3.51. The minimum atomic E-state index is -0.268. The second kappa shape index (κ2) is 7.70. The van der Waals surface area contributed by atoms with Crippen LogP contribution in [0.5, 0.6) is 0 Å². The van der Waals surface area contributed by atoms with Crippen molar-refractivity contribution in [3.05, 3.63) is 84.1 Å². The SMILES string of the molecule is C=CC(=O)NCc1ccccc1C(=O)NCc1cn(C)c2ccccc12. The molecule has 0 saturated heterocycles. The van der Waals surface area contributed by atoms with Crippen molar-refractivity contribution in [2.24, 2.45) is 7.05 Å². The number of hydrogen-bond acceptors (Lipinski definition) is 2. The van der Waals surface area contributed by atoms with Crippen LogP contribution in [-0.2, 0) is 24.9 Å². The summed E-state index contributed by atoms with van der Waals surface area (Å²) in [7, 11) is 1.99. The number of nitrogens with one attached hydrogen (secondary N) is 2. The first-order valence-corrected chi connectivity index (χ1v) is 8.39. The molecule has 0 aliphatic carbocycles. The Morgan fingerprint density at radius 1 is 1.00 bits per heavy atom. The van der Waals surface area contributed by atoms with Crippen LogP contribution in [-0.4, -0.2) is 16.4 Å². The van der Waals surface area contributed by atoms with Gasteiger partial charge in [0.2, 0.25) is 5.91 Å². The van der Waals surface area contributed by atoms with Gasteiger partial charge in [0.1, 0.15) is 0 Å². The molecule has 0 atom stereocenters. The van der Waals surface area contributed by atoms with E-state index in [1.165, 1.54) is 6.08 Å². The second-order valence-corrected chi connectivity index (χ2v) is 6.04. The molecule has 1 aromatic heterocycles. The van der Waals surface area contributed by atoms with Crippen molar-refractivity contribution in [3.63, 3.8) is 0 Å². The van der Waals surface area contributed by atoms with Crippen molar-refractivity contribution in [1.29, 1.82) is 0 Å². The molecule has 26 heavy (non-hydrogen) atoms. The Morgan fingerprint density at radius 3 is 2.50 bits per heavy atom. The smallest absolute Gasteiger partial charge is 0.251 e. The summed E-state index contributed by atoms with van der Waals surface area (Å²) >= 11 is 0. The van der Waals surface area contributed by atoms with Gasteiger partial charge in [-0.1, -0.05) is 43.0 Å². The van der Waals surface area contributed by atoms with Gasteiger partial charge >= 0.3 is 0 Å². The number of nitrogens with zero attached hydrogens (tertiary/aromatic N) is 1. The van der Waals surface area contributed by atoms with Gasteiger partial charge < -0.3 is 15.2 Å². The van der Waals surface area contributed by atoms with Gasteiger partial charge in [-0.25, -0.2) is 0 Å². The van der Waals surface area contributed by atoms with E-state index in [4.69, 9.17) is 0 Å². The predicted molar refractivity (Wildman–Crippen MR) is 103 cm³/mol. The average Bonchev–Trinajstić information content (AvgIpc) is 3.00. The fourth-order valence-corrected chi connectivity index (χ4v) is 2.99. The number of hydrogen-bond donors (Lipinski definition) is 2. The van der Waals surface area contributed by atoms with Gasteiger partial charge in [-0.05, 0) is 29.3 Å². The van der Waals surface area contributed by atoms with Gasteiger partial charge in [0.05, 0.1) is 0 Å². The third-order valence-corrected chi connectivity index (χ3v) is 4.32. The third-order valence-electron chi connectivity index (χ3n) is 4.32. The largest absolute Gasteiger partial charge is 0.350 e. The molecule has 3 aromatic rings. The maximum absolute atomic E-state index is 12.6. The Hall–Kier alpha value is -3.34. The van der Waals surface area contributed by atoms with Gasteiger partial charge in [0, 0.05) is 42.8 Å². The zero-order chi connectivity index (χ0) is 18.5. The normalized spacial score (nSPS) is 10.5. The van der Waals surface area contributed by atoms with E-state index in [1.807, 2.05) is 43.6 Å². The Labute approximate surface area is 152 Å². The van der Waals surface area contributed by atoms with Gasteiger partial charge in [-0.15, -0.1) is 0 Å². The number of carbonyl (C=O) groups excluding carboxylic acids is 2. The second-order valence-electron chi connectivity index (χ2n) is 6.04.